The molecule has 0 amide bonds. The Morgan fingerprint density at radius 1 is 1.29 bits per heavy atom. The average Bonchev–Trinajstić information content (AvgIpc) is 2.42. The topological polar surface area (TPSA) is 41.7 Å². The van der Waals surface area contributed by atoms with Crippen molar-refractivity contribution in [1.29, 1.82) is 0 Å². The van der Waals surface area contributed by atoms with Gasteiger partial charge in [0.15, 0.2) is 0 Å². The molecule has 1 aromatic rings. The minimum absolute atomic E-state index is 0.191. The van der Waals surface area contributed by atoms with Crippen LogP contribution in [0.15, 0.2) is 18.2 Å². The Labute approximate surface area is 128 Å². The molecule has 4 heteroatoms. The van der Waals surface area contributed by atoms with Gasteiger partial charge in [-0.1, -0.05) is 6.07 Å². The lowest BCUT2D eigenvalue weighted by Gasteiger charge is -2.32. The van der Waals surface area contributed by atoms with E-state index in [1.165, 1.54) is 11.3 Å². The van der Waals surface area contributed by atoms with Crippen LogP contribution in [0.5, 0.6) is 5.75 Å². The summed E-state index contributed by atoms with van der Waals surface area (Å²) in [5, 5.41) is 0. The maximum Gasteiger partial charge on any atom is 0.126 e. The highest BCUT2D eigenvalue weighted by atomic mass is 16.5. The maximum absolute atomic E-state index is 6.02. The molecular formula is C17H29N3O. The first-order chi connectivity index (χ1) is 9.97. The zero-order valence-electron chi connectivity index (χ0n) is 13.8. The van der Waals surface area contributed by atoms with E-state index in [0.717, 1.165) is 38.2 Å². The molecule has 1 fully saturated rings. The summed E-state index contributed by atoms with van der Waals surface area (Å²) in [5.74, 6) is 1.01. The second-order valence-electron chi connectivity index (χ2n) is 6.43. The molecule has 21 heavy (non-hydrogen) atoms. The predicted octanol–water partition coefficient (Wildman–Crippen LogP) is 2.46. The summed E-state index contributed by atoms with van der Waals surface area (Å²) in [6.07, 6.45) is 2.37. The van der Waals surface area contributed by atoms with Crippen molar-refractivity contribution in [2.24, 2.45) is 5.73 Å². The molecule has 0 saturated carbocycles. The van der Waals surface area contributed by atoms with E-state index in [2.05, 4.69) is 55.9 Å². The summed E-state index contributed by atoms with van der Waals surface area (Å²) in [5.41, 5.74) is 8.53. The molecule has 0 bridgehead atoms. The summed E-state index contributed by atoms with van der Waals surface area (Å²) in [6.45, 7) is 7.23. The highest BCUT2D eigenvalue weighted by Crippen LogP contribution is 2.31. The number of likely N-dealkylation sites (tertiary alicyclic amines) is 1. The van der Waals surface area contributed by atoms with E-state index < -0.39 is 0 Å². The third-order valence-corrected chi connectivity index (χ3v) is 3.97. The van der Waals surface area contributed by atoms with Gasteiger partial charge >= 0.3 is 0 Å². The Kier molecular flexibility index (Phi) is 5.48. The summed E-state index contributed by atoms with van der Waals surface area (Å²) in [4.78, 5) is 4.65. The lowest BCUT2D eigenvalue weighted by molar-refractivity contribution is 0.196. The molecule has 0 unspecified atom stereocenters. The lowest BCUT2D eigenvalue weighted by atomic mass is 10.0. The van der Waals surface area contributed by atoms with E-state index in [9.17, 15) is 0 Å². The van der Waals surface area contributed by atoms with Gasteiger partial charge in [0.2, 0.25) is 0 Å². The minimum atomic E-state index is 0.191. The molecular weight excluding hydrogens is 262 g/mol. The van der Waals surface area contributed by atoms with Crippen LogP contribution in [0.1, 0.15) is 32.3 Å². The smallest absolute Gasteiger partial charge is 0.126 e. The largest absolute Gasteiger partial charge is 0.491 e. The number of hydrogen-bond acceptors (Lipinski definition) is 4. The zero-order chi connectivity index (χ0) is 15.4. The van der Waals surface area contributed by atoms with E-state index in [-0.39, 0.29) is 6.10 Å². The zero-order valence-corrected chi connectivity index (χ0v) is 13.8. The maximum atomic E-state index is 6.02. The second kappa shape index (κ2) is 7.14. The van der Waals surface area contributed by atoms with Gasteiger partial charge in [-0.25, -0.2) is 0 Å². The molecule has 1 aliphatic heterocycles. The van der Waals surface area contributed by atoms with Gasteiger partial charge in [-0.2, -0.15) is 0 Å². The number of nitrogens with zero attached hydrogens (tertiary/aromatic N) is 2. The summed E-state index contributed by atoms with van der Waals surface area (Å²) in [7, 11) is 4.17. The fraction of sp³-hybridized carbons (Fsp3) is 0.647. The predicted molar refractivity (Wildman–Crippen MR) is 89.0 cm³/mol. The molecule has 0 atom stereocenters. The number of ether oxygens (including phenoxy) is 1. The van der Waals surface area contributed by atoms with Crippen LogP contribution in [0.4, 0.5) is 5.69 Å². The van der Waals surface area contributed by atoms with E-state index >= 15 is 0 Å². The van der Waals surface area contributed by atoms with Crippen molar-refractivity contribution in [2.75, 3.05) is 32.1 Å². The quantitative estimate of drug-likeness (QED) is 0.905. The fourth-order valence-corrected chi connectivity index (χ4v) is 2.83. The van der Waals surface area contributed by atoms with Gasteiger partial charge in [0, 0.05) is 37.9 Å². The molecule has 0 aromatic heterocycles. The summed E-state index contributed by atoms with van der Waals surface area (Å²) >= 11 is 0. The molecule has 0 radical (unpaired) electrons. The minimum Gasteiger partial charge on any atom is -0.491 e. The Bertz CT molecular complexity index is 451. The molecule has 2 rings (SSSR count). The van der Waals surface area contributed by atoms with Gasteiger partial charge in [0.05, 0.1) is 6.10 Å². The van der Waals surface area contributed by atoms with Gasteiger partial charge in [-0.15, -0.1) is 0 Å². The number of rotatable bonds is 5. The van der Waals surface area contributed by atoms with Crippen molar-refractivity contribution >= 4 is 5.69 Å². The first kappa shape index (κ1) is 16.1. The summed E-state index contributed by atoms with van der Waals surface area (Å²) in [6, 6.07) is 6.69. The van der Waals surface area contributed by atoms with Crippen LogP contribution >= 0.6 is 0 Å². The fourth-order valence-electron chi connectivity index (χ4n) is 2.83. The van der Waals surface area contributed by atoms with E-state index in [1.807, 2.05) is 0 Å². The Morgan fingerprint density at radius 3 is 2.52 bits per heavy atom. The average molecular weight is 291 g/mol. The van der Waals surface area contributed by atoms with E-state index in [1.54, 1.807) is 0 Å². The highest BCUT2D eigenvalue weighted by molar-refractivity contribution is 5.58. The van der Waals surface area contributed by atoms with Gasteiger partial charge in [-0.3, -0.25) is 4.90 Å². The molecule has 1 saturated heterocycles. The van der Waals surface area contributed by atoms with Crippen LogP contribution in [0.25, 0.3) is 0 Å². The Morgan fingerprint density at radius 2 is 1.95 bits per heavy atom. The SMILES string of the molecule is CC(C)Oc1cccc(N(C)C)c1CN1CCC(N)CC1. The van der Waals surface area contributed by atoms with Crippen molar-refractivity contribution < 1.29 is 4.74 Å². The molecule has 0 spiro atoms. The van der Waals surface area contributed by atoms with E-state index in [0.29, 0.717) is 6.04 Å². The number of hydrogen-bond donors (Lipinski definition) is 1. The van der Waals surface area contributed by atoms with Crippen molar-refractivity contribution in [3.63, 3.8) is 0 Å². The van der Waals surface area contributed by atoms with E-state index in [4.69, 9.17) is 10.5 Å². The van der Waals surface area contributed by atoms with Crippen LogP contribution in [0, 0.1) is 0 Å². The standard InChI is InChI=1S/C17H29N3O/c1-13(2)21-17-7-5-6-16(19(3)4)15(17)12-20-10-8-14(18)9-11-20/h5-7,13-14H,8-12,18H2,1-4H3. The van der Waals surface area contributed by atoms with Crippen molar-refractivity contribution in [1.82, 2.24) is 4.90 Å². The van der Waals surface area contributed by atoms with Gasteiger partial charge < -0.3 is 15.4 Å². The van der Waals surface area contributed by atoms with Crippen molar-refractivity contribution in [2.45, 2.75) is 45.4 Å². The second-order valence-corrected chi connectivity index (χ2v) is 6.43. The van der Waals surface area contributed by atoms with Gasteiger partial charge in [0.1, 0.15) is 5.75 Å². The Hall–Kier alpha value is -1.26. The molecule has 118 valence electrons. The summed E-state index contributed by atoms with van der Waals surface area (Å²) < 4.78 is 6.02. The highest BCUT2D eigenvalue weighted by Gasteiger charge is 2.20. The van der Waals surface area contributed by atoms with Crippen LogP contribution in [0.2, 0.25) is 0 Å². The first-order valence-electron chi connectivity index (χ1n) is 7.91. The molecule has 1 aromatic carbocycles. The molecule has 0 aliphatic carbocycles. The van der Waals surface area contributed by atoms with Crippen LogP contribution in [-0.4, -0.2) is 44.2 Å². The van der Waals surface area contributed by atoms with Crippen molar-refractivity contribution in [3.8, 4) is 5.75 Å². The molecule has 1 heterocycles. The molecule has 4 nitrogen and oxygen atoms in total. The van der Waals surface area contributed by atoms with Gasteiger partial charge in [0.25, 0.3) is 0 Å². The third kappa shape index (κ3) is 4.35. The van der Waals surface area contributed by atoms with Crippen molar-refractivity contribution in [3.05, 3.63) is 23.8 Å². The van der Waals surface area contributed by atoms with Crippen LogP contribution in [0.3, 0.4) is 0 Å². The normalized spacial score (nSPS) is 17.2. The molecule has 1 aliphatic rings. The molecule has 2 N–H and O–H groups in total. The number of benzene rings is 1. The lowest BCUT2D eigenvalue weighted by Crippen LogP contribution is -2.39. The monoisotopic (exact) mass is 291 g/mol. The third-order valence-electron chi connectivity index (χ3n) is 3.97. The van der Waals surface area contributed by atoms with Crippen LogP contribution in [-0.2, 0) is 6.54 Å². The number of anilines is 1. The van der Waals surface area contributed by atoms with Gasteiger partial charge in [-0.05, 0) is 51.9 Å². The van der Waals surface area contributed by atoms with Crippen LogP contribution < -0.4 is 15.4 Å². The first-order valence-corrected chi connectivity index (χ1v) is 7.91. The number of nitrogens with two attached hydrogens (primary N) is 1. The Balaban J connectivity index is 2.21. The number of piperidine rings is 1.